The summed E-state index contributed by atoms with van der Waals surface area (Å²) >= 11 is 1.26. The average molecular weight is 413 g/mol. The Morgan fingerprint density at radius 3 is 2.55 bits per heavy atom. The highest BCUT2D eigenvalue weighted by Crippen LogP contribution is 2.41. The van der Waals surface area contributed by atoms with Gasteiger partial charge >= 0.3 is 5.97 Å². The number of ketones is 1. The Hall–Kier alpha value is -3.04. The smallest absolute Gasteiger partial charge is 0.336 e. The number of hydrogen-bond donors (Lipinski definition) is 3. The van der Waals surface area contributed by atoms with Gasteiger partial charge in [0.2, 0.25) is 11.7 Å². The highest BCUT2D eigenvalue weighted by atomic mass is 32.1. The van der Waals surface area contributed by atoms with Gasteiger partial charge in [-0.25, -0.2) is 4.79 Å². The van der Waals surface area contributed by atoms with Gasteiger partial charge in [-0.15, -0.1) is 11.3 Å². The van der Waals surface area contributed by atoms with E-state index in [9.17, 15) is 24.3 Å². The molecule has 1 aromatic heterocycles. The Morgan fingerprint density at radius 1 is 1.17 bits per heavy atom. The second-order valence-corrected chi connectivity index (χ2v) is 8.04. The van der Waals surface area contributed by atoms with E-state index < -0.39 is 35.8 Å². The topological polar surface area (TPSA) is 116 Å². The summed E-state index contributed by atoms with van der Waals surface area (Å²) in [6.07, 6.45) is 0. The Balaban J connectivity index is 1.68. The molecule has 2 aliphatic heterocycles. The van der Waals surface area contributed by atoms with Gasteiger partial charge < -0.3 is 15.3 Å². The molecular formula is C20H19N3O5S. The van der Waals surface area contributed by atoms with E-state index in [1.807, 2.05) is 30.3 Å². The maximum Gasteiger partial charge on any atom is 0.336 e. The third kappa shape index (κ3) is 3.43. The lowest BCUT2D eigenvalue weighted by Crippen LogP contribution is -2.49. The number of thiophene rings is 1. The van der Waals surface area contributed by atoms with Crippen LogP contribution < -0.4 is 10.6 Å². The first-order valence-corrected chi connectivity index (χ1v) is 9.99. The monoisotopic (exact) mass is 413 g/mol. The van der Waals surface area contributed by atoms with Gasteiger partial charge in [-0.3, -0.25) is 19.7 Å². The van der Waals surface area contributed by atoms with Gasteiger partial charge in [0.05, 0.1) is 17.6 Å². The van der Waals surface area contributed by atoms with E-state index in [1.54, 1.807) is 4.90 Å². The van der Waals surface area contributed by atoms with Crippen molar-refractivity contribution >= 4 is 34.9 Å². The number of nitrogens with zero attached hydrogens (tertiary/aromatic N) is 1. The van der Waals surface area contributed by atoms with Gasteiger partial charge in [0.25, 0.3) is 5.91 Å². The molecule has 3 atom stereocenters. The predicted molar refractivity (Wildman–Crippen MR) is 104 cm³/mol. The first kappa shape index (κ1) is 19.3. The van der Waals surface area contributed by atoms with Crippen LogP contribution in [0.25, 0.3) is 0 Å². The van der Waals surface area contributed by atoms with Crippen molar-refractivity contribution in [2.75, 3.05) is 6.54 Å². The fourth-order valence-electron chi connectivity index (χ4n) is 3.89. The molecule has 2 unspecified atom stereocenters. The molecule has 0 radical (unpaired) electrons. The fraction of sp³-hybridized carbons (Fsp3) is 0.300. The van der Waals surface area contributed by atoms with Crippen molar-refractivity contribution in [1.82, 2.24) is 15.5 Å². The normalized spacial score (nSPS) is 22.6. The van der Waals surface area contributed by atoms with Crippen LogP contribution in [0.15, 0.2) is 35.7 Å². The molecule has 1 saturated heterocycles. The zero-order valence-corrected chi connectivity index (χ0v) is 16.4. The number of benzene rings is 1. The Labute approximate surface area is 170 Å². The van der Waals surface area contributed by atoms with E-state index in [-0.39, 0.29) is 18.0 Å². The number of Topliss-reactive ketones (excluding diaryl/α,β-unsaturated/α-hetero) is 1. The highest BCUT2D eigenvalue weighted by molar-refractivity contribution is 7.10. The first-order chi connectivity index (χ1) is 13.9. The summed E-state index contributed by atoms with van der Waals surface area (Å²) in [4.78, 5) is 50.6. The van der Waals surface area contributed by atoms with E-state index >= 15 is 0 Å². The van der Waals surface area contributed by atoms with Gasteiger partial charge in [0.1, 0.15) is 6.04 Å². The number of carbonyl (C=O) groups excluding carboxylic acids is 3. The van der Waals surface area contributed by atoms with Gasteiger partial charge in [0.15, 0.2) is 0 Å². The Morgan fingerprint density at radius 2 is 1.90 bits per heavy atom. The van der Waals surface area contributed by atoms with Crippen LogP contribution in [-0.4, -0.2) is 46.2 Å². The van der Waals surface area contributed by atoms with Crippen molar-refractivity contribution in [3.8, 4) is 0 Å². The minimum absolute atomic E-state index is 0.0823. The van der Waals surface area contributed by atoms with Gasteiger partial charge in [-0.1, -0.05) is 30.3 Å². The standard InChI is InChI=1S/C20H19N3O5S/c1-10(24)23(7-11-5-3-2-4-6-11)8-13-18-14(12(9-29-18)20(27)28)15-16(21-13)17(25)19(26)22-15/h2-6,9,13,15-16,21H,7-8H2,1H3,(H,22,26)(H,27,28)/t13-,15?,16?/m0/s1. The number of aromatic carboxylic acids is 1. The first-order valence-electron chi connectivity index (χ1n) is 9.11. The Bertz CT molecular complexity index is 1000. The van der Waals surface area contributed by atoms with Crippen LogP contribution in [0.4, 0.5) is 0 Å². The molecule has 2 aliphatic rings. The van der Waals surface area contributed by atoms with Crippen molar-refractivity contribution < 1.29 is 24.3 Å². The predicted octanol–water partition coefficient (Wildman–Crippen LogP) is 1.25. The minimum atomic E-state index is -1.11. The number of nitrogens with one attached hydrogen (secondary N) is 2. The number of carbonyl (C=O) groups is 4. The molecule has 0 spiro atoms. The number of carboxylic acid groups (broad SMARTS) is 1. The average Bonchev–Trinajstić information content (AvgIpc) is 3.25. The van der Waals surface area contributed by atoms with Crippen LogP contribution in [-0.2, 0) is 20.9 Å². The number of carboxylic acids is 1. The van der Waals surface area contributed by atoms with Crippen molar-refractivity contribution in [2.24, 2.45) is 0 Å². The van der Waals surface area contributed by atoms with Crippen LogP contribution in [0.2, 0.25) is 0 Å². The molecule has 2 amide bonds. The van der Waals surface area contributed by atoms with E-state index in [2.05, 4.69) is 10.6 Å². The molecule has 8 nitrogen and oxygen atoms in total. The Kier molecular flexibility index (Phi) is 4.93. The van der Waals surface area contributed by atoms with Crippen molar-refractivity contribution in [2.45, 2.75) is 31.6 Å². The van der Waals surface area contributed by atoms with Crippen molar-refractivity contribution in [3.05, 3.63) is 57.3 Å². The molecular weight excluding hydrogens is 394 g/mol. The summed E-state index contributed by atoms with van der Waals surface area (Å²) in [7, 11) is 0. The molecule has 2 aromatic rings. The van der Waals surface area contributed by atoms with Crippen LogP contribution in [0.5, 0.6) is 0 Å². The second-order valence-electron chi connectivity index (χ2n) is 7.13. The molecule has 150 valence electrons. The summed E-state index contributed by atoms with van der Waals surface area (Å²) in [6, 6.07) is 7.51. The van der Waals surface area contributed by atoms with Gasteiger partial charge in [-0.05, 0) is 5.56 Å². The molecule has 3 heterocycles. The molecule has 0 aliphatic carbocycles. The second kappa shape index (κ2) is 7.41. The van der Waals surface area contributed by atoms with Crippen LogP contribution in [0.3, 0.4) is 0 Å². The third-order valence-corrected chi connectivity index (χ3v) is 6.40. The van der Waals surface area contributed by atoms with Crippen LogP contribution in [0, 0.1) is 0 Å². The summed E-state index contributed by atoms with van der Waals surface area (Å²) in [5, 5.41) is 16.8. The minimum Gasteiger partial charge on any atom is -0.478 e. The fourth-order valence-corrected chi connectivity index (χ4v) is 5.04. The lowest BCUT2D eigenvalue weighted by atomic mass is 9.89. The SMILES string of the molecule is CC(=O)N(Cc1ccccc1)C[C@@H]1NC2C(=O)C(=O)NC2c2c(C(=O)O)csc21. The van der Waals surface area contributed by atoms with Crippen LogP contribution in [0.1, 0.15) is 45.4 Å². The molecule has 0 saturated carbocycles. The van der Waals surface area contributed by atoms with Gasteiger partial charge in [0, 0.05) is 35.8 Å². The summed E-state index contributed by atoms with van der Waals surface area (Å²) < 4.78 is 0. The van der Waals surface area contributed by atoms with Crippen molar-refractivity contribution in [1.29, 1.82) is 0 Å². The van der Waals surface area contributed by atoms with E-state index in [0.29, 0.717) is 12.1 Å². The molecule has 0 bridgehead atoms. The molecule has 3 N–H and O–H groups in total. The maximum absolute atomic E-state index is 12.3. The zero-order chi connectivity index (χ0) is 20.7. The zero-order valence-electron chi connectivity index (χ0n) is 15.5. The molecule has 9 heteroatoms. The highest BCUT2D eigenvalue weighted by Gasteiger charge is 2.49. The van der Waals surface area contributed by atoms with E-state index in [1.165, 1.54) is 23.6 Å². The summed E-state index contributed by atoms with van der Waals surface area (Å²) in [5.41, 5.74) is 1.50. The van der Waals surface area contributed by atoms with Gasteiger partial charge in [-0.2, -0.15) is 0 Å². The van der Waals surface area contributed by atoms with Crippen molar-refractivity contribution in [3.63, 3.8) is 0 Å². The maximum atomic E-state index is 12.3. The lowest BCUT2D eigenvalue weighted by Gasteiger charge is -2.35. The molecule has 1 aromatic carbocycles. The van der Waals surface area contributed by atoms with E-state index in [4.69, 9.17) is 0 Å². The number of amides is 2. The van der Waals surface area contributed by atoms with Crippen LogP contribution >= 0.6 is 11.3 Å². The largest absolute Gasteiger partial charge is 0.478 e. The number of hydrogen-bond acceptors (Lipinski definition) is 6. The van der Waals surface area contributed by atoms with E-state index in [0.717, 1.165) is 10.4 Å². The molecule has 1 fully saturated rings. The number of fused-ring (bicyclic) bond motifs is 3. The molecule has 4 rings (SSSR count). The molecule has 29 heavy (non-hydrogen) atoms. The summed E-state index contributed by atoms with van der Waals surface area (Å²) in [6.45, 7) is 2.11. The number of rotatable bonds is 5. The summed E-state index contributed by atoms with van der Waals surface area (Å²) in [5.74, 6) is -2.59. The quantitative estimate of drug-likeness (QED) is 0.636. The third-order valence-electron chi connectivity index (χ3n) is 5.29. The lowest BCUT2D eigenvalue weighted by molar-refractivity contribution is -0.136.